The van der Waals surface area contributed by atoms with Crippen LogP contribution in [0.2, 0.25) is 0 Å². The molecule has 7 heterocycles. The molecular formula is C27H26FN11O2. The highest BCUT2D eigenvalue weighted by Gasteiger charge is 2.45. The molecule has 1 amide bonds. The van der Waals surface area contributed by atoms with Crippen LogP contribution in [0.3, 0.4) is 0 Å². The molecule has 5 aromatic heterocycles. The van der Waals surface area contributed by atoms with Crippen LogP contribution in [-0.4, -0.2) is 73.7 Å². The number of aldehydes is 1. The summed E-state index contributed by atoms with van der Waals surface area (Å²) in [5, 5.41) is 15.1. The second kappa shape index (κ2) is 9.57. The summed E-state index contributed by atoms with van der Waals surface area (Å²) in [6.07, 6.45) is 10.0. The summed E-state index contributed by atoms with van der Waals surface area (Å²) in [5.41, 5.74) is 10.6. The predicted octanol–water partition coefficient (Wildman–Crippen LogP) is 2.32. The number of nitrogens with one attached hydrogen (secondary N) is 1. The Hall–Kier alpha value is -5.01. The molecule has 5 aromatic rings. The molecule has 3 atom stereocenters. The molecule has 2 aliphatic rings. The maximum atomic E-state index is 14.2. The van der Waals surface area contributed by atoms with Crippen LogP contribution >= 0.6 is 0 Å². The molecule has 2 bridgehead atoms. The molecule has 208 valence electrons. The minimum atomic E-state index is -0.451. The topological polar surface area (TPSA) is 166 Å². The van der Waals surface area contributed by atoms with E-state index in [0.717, 1.165) is 30.4 Å². The third-order valence-corrected chi connectivity index (χ3v) is 8.18. The zero-order valence-electron chi connectivity index (χ0n) is 22.1. The van der Waals surface area contributed by atoms with Crippen LogP contribution in [0.4, 0.5) is 10.2 Å². The quantitative estimate of drug-likeness (QED) is 0.299. The summed E-state index contributed by atoms with van der Waals surface area (Å²) >= 11 is 0. The average molecular weight is 556 g/mol. The smallest absolute Gasteiger partial charge is 0.291 e. The van der Waals surface area contributed by atoms with Crippen LogP contribution in [0.1, 0.15) is 53.5 Å². The van der Waals surface area contributed by atoms with Gasteiger partial charge >= 0.3 is 0 Å². The Balaban J connectivity index is 1.25. The van der Waals surface area contributed by atoms with Gasteiger partial charge in [0.1, 0.15) is 24.1 Å². The van der Waals surface area contributed by atoms with Crippen molar-refractivity contribution in [3.8, 4) is 22.5 Å². The van der Waals surface area contributed by atoms with E-state index in [0.29, 0.717) is 41.1 Å². The zero-order valence-corrected chi connectivity index (χ0v) is 22.1. The number of rotatable bonds is 6. The monoisotopic (exact) mass is 555 g/mol. The fourth-order valence-corrected chi connectivity index (χ4v) is 6.39. The summed E-state index contributed by atoms with van der Waals surface area (Å²) in [5.74, 6) is -0.00263. The molecule has 0 aromatic carbocycles. The molecule has 0 spiro atoms. The number of fused-ring (bicyclic) bond motifs is 3. The van der Waals surface area contributed by atoms with Crippen LogP contribution in [0, 0.1) is 5.82 Å². The van der Waals surface area contributed by atoms with Crippen molar-refractivity contribution in [1.82, 2.24) is 49.4 Å². The van der Waals surface area contributed by atoms with E-state index in [1.165, 1.54) is 17.2 Å². The van der Waals surface area contributed by atoms with E-state index >= 15 is 0 Å². The van der Waals surface area contributed by atoms with Crippen LogP contribution in [0.15, 0.2) is 37.1 Å². The molecule has 3 N–H and O–H groups in total. The first kappa shape index (κ1) is 25.0. The molecule has 2 fully saturated rings. The molecule has 2 aliphatic heterocycles. The van der Waals surface area contributed by atoms with Crippen molar-refractivity contribution in [2.24, 2.45) is 7.05 Å². The standard InChI is InChI=1S/C27H26FN11O2/c1-37-12-20(28)23(36-37)21-5-2-14(10-30-21)19-11-33-39-24(29)18(6-7-40)22(34-26(19)39)15-8-16-3-4-17(9-15)38(16)27(41)25-31-13-32-35-25/h2,5,7,10-13,15-17H,3-4,6,8-9,29H2,1H3,(H,31,32,35)/t15?,16-,17+. The molecule has 0 saturated carbocycles. The Labute approximate surface area is 232 Å². The number of carbonyl (C=O) groups excluding carboxylic acids is 2. The number of hydrogen-bond donors (Lipinski definition) is 2. The average Bonchev–Trinajstić information content (AvgIpc) is 3.76. The Morgan fingerprint density at radius 3 is 2.63 bits per heavy atom. The lowest BCUT2D eigenvalue weighted by Gasteiger charge is -2.38. The number of carbonyl (C=O) groups is 2. The molecule has 13 nitrogen and oxygen atoms in total. The zero-order chi connectivity index (χ0) is 28.2. The number of aryl methyl sites for hydroxylation is 1. The molecule has 1 unspecified atom stereocenters. The van der Waals surface area contributed by atoms with Gasteiger partial charge in [-0.1, -0.05) is 6.07 Å². The summed E-state index contributed by atoms with van der Waals surface area (Å²) < 4.78 is 17.2. The summed E-state index contributed by atoms with van der Waals surface area (Å²) in [4.78, 5) is 40.3. The Morgan fingerprint density at radius 1 is 1.20 bits per heavy atom. The van der Waals surface area contributed by atoms with Crippen LogP contribution in [-0.2, 0) is 18.3 Å². The minimum Gasteiger partial charge on any atom is -0.383 e. The number of nitrogen functional groups attached to an aromatic ring is 1. The Bertz CT molecular complexity index is 1760. The lowest BCUT2D eigenvalue weighted by molar-refractivity contribution is -0.107. The summed E-state index contributed by atoms with van der Waals surface area (Å²) in [7, 11) is 1.65. The van der Waals surface area contributed by atoms with Gasteiger partial charge in [0.2, 0.25) is 5.82 Å². The van der Waals surface area contributed by atoms with Crippen LogP contribution in [0.5, 0.6) is 0 Å². The maximum absolute atomic E-state index is 14.2. The normalized spacial score (nSPS) is 20.1. The van der Waals surface area contributed by atoms with E-state index in [1.54, 1.807) is 30.0 Å². The van der Waals surface area contributed by atoms with Gasteiger partial charge in [-0.05, 0) is 31.7 Å². The number of amides is 1. The first-order chi connectivity index (χ1) is 19.9. The van der Waals surface area contributed by atoms with Crippen molar-refractivity contribution < 1.29 is 14.0 Å². The number of halogens is 1. The second-order valence-electron chi connectivity index (χ2n) is 10.6. The van der Waals surface area contributed by atoms with Gasteiger partial charge in [-0.25, -0.2) is 14.4 Å². The number of nitrogens with two attached hydrogens (primary N) is 1. The summed E-state index contributed by atoms with van der Waals surface area (Å²) in [6, 6.07) is 3.56. The van der Waals surface area contributed by atoms with Gasteiger partial charge in [-0.2, -0.15) is 19.8 Å². The Kier molecular flexibility index (Phi) is 5.83. The lowest BCUT2D eigenvalue weighted by Crippen LogP contribution is -2.46. The SMILES string of the molecule is Cn1cc(F)c(-c2ccc(-c3cnn4c(N)c(CC=O)c(C5C[C@H]6CC[C@@H](C5)N6C(=O)c5ncn[nH]5)nc34)cn2)n1. The number of nitrogens with zero attached hydrogens (tertiary/aromatic N) is 9. The highest BCUT2D eigenvalue weighted by atomic mass is 19.1. The number of anilines is 1. The van der Waals surface area contributed by atoms with Crippen molar-refractivity contribution in [3.63, 3.8) is 0 Å². The van der Waals surface area contributed by atoms with Crippen LogP contribution in [0.25, 0.3) is 28.2 Å². The highest BCUT2D eigenvalue weighted by molar-refractivity contribution is 5.91. The van der Waals surface area contributed by atoms with Gasteiger partial charge < -0.3 is 15.4 Å². The molecule has 0 aliphatic carbocycles. The van der Waals surface area contributed by atoms with Crippen molar-refractivity contribution >= 4 is 23.7 Å². The largest absolute Gasteiger partial charge is 0.383 e. The number of piperidine rings is 1. The summed E-state index contributed by atoms with van der Waals surface area (Å²) in [6.45, 7) is 0. The molecule has 14 heteroatoms. The second-order valence-corrected chi connectivity index (χ2v) is 10.6. The third kappa shape index (κ3) is 4.05. The van der Waals surface area contributed by atoms with E-state index in [9.17, 15) is 14.0 Å². The van der Waals surface area contributed by atoms with Crippen molar-refractivity contribution in [1.29, 1.82) is 0 Å². The number of hydrogen-bond acceptors (Lipinski definition) is 9. The van der Waals surface area contributed by atoms with Gasteiger partial charge in [0.05, 0.1) is 23.8 Å². The van der Waals surface area contributed by atoms with Crippen molar-refractivity contribution in [2.45, 2.75) is 50.1 Å². The van der Waals surface area contributed by atoms with Crippen LogP contribution < -0.4 is 5.73 Å². The number of pyridine rings is 1. The molecule has 41 heavy (non-hydrogen) atoms. The molecule has 2 saturated heterocycles. The third-order valence-electron chi connectivity index (χ3n) is 8.18. The predicted molar refractivity (Wildman–Crippen MR) is 144 cm³/mol. The fourth-order valence-electron chi connectivity index (χ4n) is 6.39. The van der Waals surface area contributed by atoms with Gasteiger partial charge in [0, 0.05) is 54.4 Å². The maximum Gasteiger partial charge on any atom is 0.291 e. The first-order valence-electron chi connectivity index (χ1n) is 13.4. The van der Waals surface area contributed by atoms with E-state index in [2.05, 4.69) is 30.4 Å². The number of aromatic nitrogens is 9. The number of H-pyrrole nitrogens is 1. The van der Waals surface area contributed by atoms with Crippen molar-refractivity contribution in [3.05, 3.63) is 59.9 Å². The van der Waals surface area contributed by atoms with Gasteiger partial charge in [-0.15, -0.1) is 0 Å². The fraction of sp³-hybridized carbons (Fsp3) is 0.333. The Morgan fingerprint density at radius 2 is 2.00 bits per heavy atom. The minimum absolute atomic E-state index is 0.00362. The van der Waals surface area contributed by atoms with Gasteiger partial charge in [0.15, 0.2) is 11.5 Å². The van der Waals surface area contributed by atoms with E-state index in [1.807, 2.05) is 11.0 Å². The van der Waals surface area contributed by atoms with Gasteiger partial charge in [-0.3, -0.25) is 19.6 Å². The van der Waals surface area contributed by atoms with E-state index in [4.69, 9.17) is 10.7 Å². The molecular weight excluding hydrogens is 529 g/mol. The van der Waals surface area contributed by atoms with E-state index < -0.39 is 5.82 Å². The van der Waals surface area contributed by atoms with E-state index in [-0.39, 0.29) is 41.8 Å². The number of aromatic amines is 1. The van der Waals surface area contributed by atoms with Gasteiger partial charge in [0.25, 0.3) is 5.91 Å². The van der Waals surface area contributed by atoms with Crippen molar-refractivity contribution in [2.75, 3.05) is 5.73 Å². The first-order valence-corrected chi connectivity index (χ1v) is 13.4. The lowest BCUT2D eigenvalue weighted by atomic mass is 9.85. The highest BCUT2D eigenvalue weighted by Crippen LogP contribution is 2.45. The molecule has 7 rings (SSSR count). The molecule has 0 radical (unpaired) electrons.